The molecule has 0 aromatic heterocycles. The van der Waals surface area contributed by atoms with E-state index in [9.17, 15) is 14.4 Å². The van der Waals surface area contributed by atoms with E-state index in [4.69, 9.17) is 9.47 Å². The van der Waals surface area contributed by atoms with Gasteiger partial charge in [-0.3, -0.25) is 9.69 Å². The molecule has 2 aliphatic rings. The minimum Gasteiger partial charge on any atom is -0.445 e. The van der Waals surface area contributed by atoms with Gasteiger partial charge in [0.15, 0.2) is 0 Å². The highest BCUT2D eigenvalue weighted by Crippen LogP contribution is 2.26. The van der Waals surface area contributed by atoms with Gasteiger partial charge >= 0.3 is 12.2 Å². The van der Waals surface area contributed by atoms with Crippen molar-refractivity contribution in [1.29, 1.82) is 0 Å². The normalized spacial score (nSPS) is 18.0. The summed E-state index contributed by atoms with van der Waals surface area (Å²) in [4.78, 5) is 44.0. The Morgan fingerprint density at radius 3 is 2.09 bits per heavy atom. The van der Waals surface area contributed by atoms with Crippen molar-refractivity contribution in [3.63, 3.8) is 0 Å². The number of carbonyl (C=O) groups excluding carboxylic acids is 3. The van der Waals surface area contributed by atoms with Gasteiger partial charge in [-0.1, -0.05) is 54.6 Å². The Balaban J connectivity index is 1.44. The second kappa shape index (κ2) is 10.4. The van der Waals surface area contributed by atoms with Crippen LogP contribution < -0.4 is 0 Å². The molecule has 2 aliphatic heterocycles. The SMILES string of the molecule is CC(C)(C)OC(=O)N1CCN(C(=O)[C@@H]2Cc3ccccc3CN2C(=O)OCc2ccccc2)CC1. The molecule has 8 heteroatoms. The second-order valence-corrected chi connectivity index (χ2v) is 9.95. The average molecular weight is 480 g/mol. The van der Waals surface area contributed by atoms with Crippen LogP contribution in [0.15, 0.2) is 54.6 Å². The highest BCUT2D eigenvalue weighted by molar-refractivity contribution is 5.87. The molecule has 3 amide bonds. The van der Waals surface area contributed by atoms with Gasteiger partial charge in [-0.2, -0.15) is 0 Å². The smallest absolute Gasteiger partial charge is 0.411 e. The number of carbonyl (C=O) groups is 3. The molecule has 1 saturated heterocycles. The Labute approximate surface area is 206 Å². The van der Waals surface area contributed by atoms with E-state index in [1.807, 2.05) is 75.4 Å². The third kappa shape index (κ3) is 6.12. The zero-order chi connectivity index (χ0) is 25.0. The van der Waals surface area contributed by atoms with Crippen molar-refractivity contribution in [2.75, 3.05) is 26.2 Å². The van der Waals surface area contributed by atoms with E-state index in [0.717, 1.165) is 16.7 Å². The van der Waals surface area contributed by atoms with Gasteiger partial charge < -0.3 is 19.3 Å². The lowest BCUT2D eigenvalue weighted by atomic mass is 9.93. The van der Waals surface area contributed by atoms with Crippen LogP contribution in [0.2, 0.25) is 0 Å². The number of hydrogen-bond acceptors (Lipinski definition) is 5. The predicted octanol–water partition coefficient (Wildman–Crippen LogP) is 3.83. The molecule has 0 saturated carbocycles. The van der Waals surface area contributed by atoms with E-state index < -0.39 is 17.7 Å². The number of nitrogens with zero attached hydrogens (tertiary/aromatic N) is 3. The van der Waals surface area contributed by atoms with Crippen LogP contribution in [0.25, 0.3) is 0 Å². The molecular formula is C27H33N3O5. The number of piperazine rings is 1. The molecule has 2 heterocycles. The fourth-order valence-electron chi connectivity index (χ4n) is 4.38. The zero-order valence-corrected chi connectivity index (χ0v) is 20.6. The van der Waals surface area contributed by atoms with Crippen LogP contribution in [0.3, 0.4) is 0 Å². The van der Waals surface area contributed by atoms with Crippen molar-refractivity contribution in [3.8, 4) is 0 Å². The van der Waals surface area contributed by atoms with Gasteiger partial charge in [0.25, 0.3) is 0 Å². The number of amides is 3. The van der Waals surface area contributed by atoms with Crippen LogP contribution in [0, 0.1) is 0 Å². The van der Waals surface area contributed by atoms with E-state index in [0.29, 0.717) is 39.1 Å². The first-order valence-electron chi connectivity index (χ1n) is 12.0. The molecule has 0 N–H and O–H groups in total. The van der Waals surface area contributed by atoms with Crippen LogP contribution in [-0.4, -0.2) is 70.6 Å². The molecule has 0 radical (unpaired) electrons. The molecule has 1 fully saturated rings. The van der Waals surface area contributed by atoms with Crippen LogP contribution in [0.5, 0.6) is 0 Å². The van der Waals surface area contributed by atoms with Crippen molar-refractivity contribution >= 4 is 18.1 Å². The molecule has 186 valence electrons. The van der Waals surface area contributed by atoms with E-state index in [-0.39, 0.29) is 18.6 Å². The topological polar surface area (TPSA) is 79.4 Å². The first-order chi connectivity index (χ1) is 16.7. The Morgan fingerprint density at radius 2 is 1.43 bits per heavy atom. The summed E-state index contributed by atoms with van der Waals surface area (Å²) in [5, 5.41) is 0. The molecule has 2 aromatic carbocycles. The van der Waals surface area contributed by atoms with Gasteiger partial charge in [0.1, 0.15) is 18.2 Å². The van der Waals surface area contributed by atoms with Gasteiger partial charge in [0, 0.05) is 32.6 Å². The molecular weight excluding hydrogens is 446 g/mol. The van der Waals surface area contributed by atoms with Crippen molar-refractivity contribution < 1.29 is 23.9 Å². The summed E-state index contributed by atoms with van der Waals surface area (Å²) >= 11 is 0. The number of fused-ring (bicyclic) bond motifs is 1. The van der Waals surface area contributed by atoms with Gasteiger partial charge in [0.2, 0.25) is 5.91 Å². The van der Waals surface area contributed by atoms with Crippen molar-refractivity contribution in [2.24, 2.45) is 0 Å². The number of ether oxygens (including phenoxy) is 2. The number of benzene rings is 2. The lowest BCUT2D eigenvalue weighted by Gasteiger charge is -2.41. The van der Waals surface area contributed by atoms with Crippen molar-refractivity contribution in [2.45, 2.75) is 52.0 Å². The predicted molar refractivity (Wildman–Crippen MR) is 130 cm³/mol. The van der Waals surface area contributed by atoms with Crippen LogP contribution in [0.1, 0.15) is 37.5 Å². The van der Waals surface area contributed by atoms with Gasteiger partial charge in [-0.15, -0.1) is 0 Å². The van der Waals surface area contributed by atoms with Crippen molar-refractivity contribution in [1.82, 2.24) is 14.7 Å². The maximum atomic E-state index is 13.6. The molecule has 0 unspecified atom stereocenters. The summed E-state index contributed by atoms with van der Waals surface area (Å²) in [7, 11) is 0. The van der Waals surface area contributed by atoms with Crippen LogP contribution >= 0.6 is 0 Å². The molecule has 1 atom stereocenters. The van der Waals surface area contributed by atoms with Gasteiger partial charge in [-0.05, 0) is 37.5 Å². The maximum Gasteiger partial charge on any atom is 0.411 e. The summed E-state index contributed by atoms with van der Waals surface area (Å²) in [6, 6.07) is 16.7. The average Bonchev–Trinajstić information content (AvgIpc) is 2.85. The fourth-order valence-corrected chi connectivity index (χ4v) is 4.38. The van der Waals surface area contributed by atoms with E-state index >= 15 is 0 Å². The Kier molecular flexibility index (Phi) is 7.28. The fraction of sp³-hybridized carbons (Fsp3) is 0.444. The number of hydrogen-bond donors (Lipinski definition) is 0. The quantitative estimate of drug-likeness (QED) is 0.669. The second-order valence-electron chi connectivity index (χ2n) is 9.95. The summed E-state index contributed by atoms with van der Waals surface area (Å²) in [5.41, 5.74) is 2.40. The molecule has 4 rings (SSSR count). The highest BCUT2D eigenvalue weighted by Gasteiger charge is 2.39. The minimum atomic E-state index is -0.652. The summed E-state index contributed by atoms with van der Waals surface area (Å²) in [5.74, 6) is -0.125. The van der Waals surface area contributed by atoms with Crippen molar-refractivity contribution in [3.05, 3.63) is 71.3 Å². The third-order valence-corrected chi connectivity index (χ3v) is 6.22. The van der Waals surface area contributed by atoms with Crippen LogP contribution in [0.4, 0.5) is 9.59 Å². The summed E-state index contributed by atoms with van der Waals surface area (Å²) in [6.07, 6.45) is -0.446. The van der Waals surface area contributed by atoms with Crippen LogP contribution in [-0.2, 0) is 33.8 Å². The molecule has 0 bridgehead atoms. The third-order valence-electron chi connectivity index (χ3n) is 6.22. The minimum absolute atomic E-state index is 0.125. The first-order valence-corrected chi connectivity index (χ1v) is 12.0. The summed E-state index contributed by atoms with van der Waals surface area (Å²) < 4.78 is 11.0. The Hall–Kier alpha value is -3.55. The first kappa shape index (κ1) is 24.6. The largest absolute Gasteiger partial charge is 0.445 e. The highest BCUT2D eigenvalue weighted by atomic mass is 16.6. The van der Waals surface area contributed by atoms with E-state index in [2.05, 4.69) is 0 Å². The number of rotatable bonds is 3. The van der Waals surface area contributed by atoms with Gasteiger partial charge in [0.05, 0.1) is 6.54 Å². The monoisotopic (exact) mass is 479 g/mol. The van der Waals surface area contributed by atoms with Gasteiger partial charge in [-0.25, -0.2) is 9.59 Å². The lowest BCUT2D eigenvalue weighted by molar-refractivity contribution is -0.138. The Morgan fingerprint density at radius 1 is 0.829 bits per heavy atom. The molecule has 35 heavy (non-hydrogen) atoms. The van der Waals surface area contributed by atoms with E-state index in [1.54, 1.807) is 9.80 Å². The molecule has 0 spiro atoms. The molecule has 8 nitrogen and oxygen atoms in total. The maximum absolute atomic E-state index is 13.6. The molecule has 0 aliphatic carbocycles. The Bertz CT molecular complexity index is 1060. The standard InChI is InChI=1S/C27H33N3O5/c1-27(2,3)35-25(32)29-15-13-28(14-16-29)24(31)23-17-21-11-7-8-12-22(21)18-30(23)26(33)34-19-20-9-5-4-6-10-20/h4-12,23H,13-19H2,1-3H3/t23-/m0/s1. The van der Waals surface area contributed by atoms with E-state index in [1.165, 1.54) is 4.90 Å². The zero-order valence-electron chi connectivity index (χ0n) is 20.6. The lowest BCUT2D eigenvalue weighted by Crippen LogP contribution is -2.58. The molecule has 2 aromatic rings. The summed E-state index contributed by atoms with van der Waals surface area (Å²) in [6.45, 7) is 7.52.